The maximum absolute atomic E-state index is 13.1. The number of carbonyl (C=O) groups is 1. The highest BCUT2D eigenvalue weighted by molar-refractivity contribution is 7.88. The molecule has 2 aromatic rings. The average molecular weight is 445 g/mol. The van der Waals surface area contributed by atoms with E-state index in [0.717, 1.165) is 35.1 Å². The van der Waals surface area contributed by atoms with Gasteiger partial charge in [0.2, 0.25) is 15.9 Å². The lowest BCUT2D eigenvalue weighted by Crippen LogP contribution is -2.57. The molecule has 0 aliphatic carbocycles. The van der Waals surface area contributed by atoms with Crippen molar-refractivity contribution in [3.8, 4) is 22.6 Å². The number of nitrogens with one attached hydrogen (secondary N) is 1. The number of carbonyl (C=O) groups excluding carboxylic acids is 1. The molecule has 0 spiro atoms. The van der Waals surface area contributed by atoms with Crippen LogP contribution in [0.5, 0.6) is 11.5 Å². The topological polar surface area (TPSA) is 84.9 Å². The van der Waals surface area contributed by atoms with Crippen LogP contribution >= 0.6 is 0 Å². The number of para-hydroxylation sites is 2. The van der Waals surface area contributed by atoms with Gasteiger partial charge in [0, 0.05) is 23.7 Å². The Balaban J connectivity index is 1.83. The smallest absolute Gasteiger partial charge is 0.226 e. The Kier molecular flexibility index (Phi) is 6.20. The van der Waals surface area contributed by atoms with E-state index in [2.05, 4.69) is 4.72 Å². The second kappa shape index (κ2) is 8.88. The summed E-state index contributed by atoms with van der Waals surface area (Å²) in [6.07, 6.45) is 3.33. The lowest BCUT2D eigenvalue weighted by molar-refractivity contribution is -0.136. The Labute approximate surface area is 183 Å². The minimum absolute atomic E-state index is 0.0295. The van der Waals surface area contributed by atoms with Crippen LogP contribution in [0.15, 0.2) is 42.5 Å². The van der Waals surface area contributed by atoms with E-state index in [-0.39, 0.29) is 31.0 Å². The molecule has 2 heterocycles. The number of methoxy groups -OCH3 is 1. The van der Waals surface area contributed by atoms with Gasteiger partial charge in [0.15, 0.2) is 0 Å². The monoisotopic (exact) mass is 444 g/mol. The molecule has 8 heteroatoms. The Bertz CT molecular complexity index is 1070. The van der Waals surface area contributed by atoms with Crippen LogP contribution in [0.2, 0.25) is 0 Å². The Morgan fingerprint density at radius 2 is 1.90 bits per heavy atom. The summed E-state index contributed by atoms with van der Waals surface area (Å²) in [5, 5.41) is 0. The van der Waals surface area contributed by atoms with Crippen molar-refractivity contribution >= 4 is 15.9 Å². The van der Waals surface area contributed by atoms with Crippen molar-refractivity contribution in [2.75, 3.05) is 26.5 Å². The van der Waals surface area contributed by atoms with Crippen molar-refractivity contribution in [1.82, 2.24) is 9.62 Å². The summed E-state index contributed by atoms with van der Waals surface area (Å²) >= 11 is 0. The van der Waals surface area contributed by atoms with Crippen LogP contribution in [0, 0.1) is 0 Å². The van der Waals surface area contributed by atoms with Crippen molar-refractivity contribution in [1.29, 1.82) is 0 Å². The van der Waals surface area contributed by atoms with Crippen molar-refractivity contribution in [3.05, 3.63) is 48.0 Å². The van der Waals surface area contributed by atoms with Crippen LogP contribution in [0.3, 0.4) is 0 Å². The third-order valence-corrected chi connectivity index (χ3v) is 6.68. The second-order valence-electron chi connectivity index (χ2n) is 8.09. The Morgan fingerprint density at radius 3 is 2.68 bits per heavy atom. The number of benzene rings is 2. The van der Waals surface area contributed by atoms with Gasteiger partial charge in [0.1, 0.15) is 11.5 Å². The van der Waals surface area contributed by atoms with E-state index >= 15 is 0 Å². The van der Waals surface area contributed by atoms with Crippen LogP contribution in [0.25, 0.3) is 11.1 Å². The van der Waals surface area contributed by atoms with Gasteiger partial charge in [-0.15, -0.1) is 0 Å². The van der Waals surface area contributed by atoms with Crippen LogP contribution < -0.4 is 14.2 Å². The molecule has 1 fully saturated rings. The van der Waals surface area contributed by atoms with Gasteiger partial charge < -0.3 is 14.4 Å². The molecule has 0 unspecified atom stereocenters. The number of nitrogens with zero attached hydrogens (tertiary/aromatic N) is 1. The van der Waals surface area contributed by atoms with Gasteiger partial charge in [-0.2, -0.15) is 0 Å². The maximum Gasteiger partial charge on any atom is 0.226 e. The summed E-state index contributed by atoms with van der Waals surface area (Å²) in [6.45, 7) is 0.856. The lowest BCUT2D eigenvalue weighted by atomic mass is 9.89. The number of piperidine rings is 1. The van der Waals surface area contributed by atoms with Crippen LogP contribution in [-0.4, -0.2) is 57.8 Å². The van der Waals surface area contributed by atoms with E-state index in [1.807, 2.05) is 47.4 Å². The molecule has 166 valence electrons. The Morgan fingerprint density at radius 1 is 1.13 bits per heavy atom. The first-order chi connectivity index (χ1) is 14.9. The summed E-state index contributed by atoms with van der Waals surface area (Å²) in [5.74, 6) is 1.39. The summed E-state index contributed by atoms with van der Waals surface area (Å²) in [7, 11) is -1.78. The molecule has 0 aromatic heterocycles. The predicted octanol–water partition coefficient (Wildman–Crippen LogP) is 2.60. The first-order valence-corrected chi connectivity index (χ1v) is 12.4. The minimum atomic E-state index is -3.41. The fourth-order valence-corrected chi connectivity index (χ4v) is 5.49. The van der Waals surface area contributed by atoms with E-state index in [1.54, 1.807) is 7.11 Å². The molecule has 31 heavy (non-hydrogen) atoms. The van der Waals surface area contributed by atoms with Gasteiger partial charge in [0.25, 0.3) is 0 Å². The molecule has 1 saturated heterocycles. The molecule has 1 N–H and O–H groups in total. The van der Waals surface area contributed by atoms with E-state index in [4.69, 9.17) is 9.47 Å². The molecule has 1 amide bonds. The van der Waals surface area contributed by atoms with E-state index < -0.39 is 10.0 Å². The van der Waals surface area contributed by atoms with Crippen LogP contribution in [0.1, 0.15) is 24.8 Å². The first-order valence-electron chi connectivity index (χ1n) is 10.5. The van der Waals surface area contributed by atoms with Crippen LogP contribution in [-0.2, 0) is 21.2 Å². The second-order valence-corrected chi connectivity index (χ2v) is 9.87. The highest BCUT2D eigenvalue weighted by Crippen LogP contribution is 2.40. The van der Waals surface area contributed by atoms with Gasteiger partial charge in [-0.3, -0.25) is 4.79 Å². The molecule has 4 rings (SSSR count). The van der Waals surface area contributed by atoms with Gasteiger partial charge in [-0.05, 0) is 30.9 Å². The third-order valence-electron chi connectivity index (χ3n) is 5.95. The number of ether oxygens (including phenoxy) is 2. The number of sulfonamides is 1. The van der Waals surface area contributed by atoms with Crippen molar-refractivity contribution in [2.45, 2.75) is 37.8 Å². The predicted molar refractivity (Wildman–Crippen MR) is 119 cm³/mol. The van der Waals surface area contributed by atoms with Gasteiger partial charge >= 0.3 is 0 Å². The number of rotatable bonds is 3. The molecule has 2 atom stereocenters. The molecule has 2 aliphatic rings. The van der Waals surface area contributed by atoms with Crippen molar-refractivity contribution in [2.24, 2.45) is 0 Å². The summed E-state index contributed by atoms with van der Waals surface area (Å²) in [5.41, 5.74) is 2.75. The van der Waals surface area contributed by atoms with Gasteiger partial charge in [0.05, 0.1) is 32.4 Å². The highest BCUT2D eigenvalue weighted by atomic mass is 32.2. The fraction of sp³-hybridized carbons (Fsp3) is 0.435. The zero-order valence-electron chi connectivity index (χ0n) is 17.8. The van der Waals surface area contributed by atoms with Gasteiger partial charge in [-0.25, -0.2) is 13.1 Å². The zero-order chi connectivity index (χ0) is 22.0. The number of amides is 1. The molecular weight excluding hydrogens is 416 g/mol. The standard InChI is InChI=1S/C23H28N2O5S/c1-29-23-16-7-5-9-18(23)17-8-3-4-11-21(17)30-14-12-22(26)25-13-6-10-19(20(25)15-16)24-31(2,27)28/h3-5,7-9,11,19-20,24H,6,10,12-15H2,1-2H3/t19-,20-/m0/s1. The zero-order valence-corrected chi connectivity index (χ0v) is 18.7. The molecular formula is C23H28N2O5S. The highest BCUT2D eigenvalue weighted by Gasteiger charge is 2.36. The summed E-state index contributed by atoms with van der Waals surface area (Å²) in [6, 6.07) is 13.0. The third kappa shape index (κ3) is 4.70. The Hall–Kier alpha value is -2.58. The molecule has 0 radical (unpaired) electrons. The fourth-order valence-electron chi connectivity index (χ4n) is 4.66. The lowest BCUT2D eigenvalue weighted by Gasteiger charge is -2.42. The van der Waals surface area contributed by atoms with E-state index in [1.165, 1.54) is 0 Å². The molecule has 2 aromatic carbocycles. The molecule has 0 saturated carbocycles. The molecule has 2 bridgehead atoms. The average Bonchev–Trinajstić information content (AvgIpc) is 2.73. The largest absolute Gasteiger partial charge is 0.496 e. The number of hydrogen-bond donors (Lipinski definition) is 1. The molecule has 7 nitrogen and oxygen atoms in total. The minimum Gasteiger partial charge on any atom is -0.496 e. The summed E-state index contributed by atoms with van der Waals surface area (Å²) < 4.78 is 38.6. The van der Waals surface area contributed by atoms with E-state index in [9.17, 15) is 13.2 Å². The van der Waals surface area contributed by atoms with Gasteiger partial charge in [-0.1, -0.05) is 36.4 Å². The van der Waals surface area contributed by atoms with E-state index in [0.29, 0.717) is 25.1 Å². The SMILES string of the molecule is COc1c2cccc1-c1ccccc1OCCC(=O)N1CCC[C@H](NS(C)(=O)=O)[C@@H]1C2. The number of fused-ring (bicyclic) bond motifs is 5. The quantitative estimate of drug-likeness (QED) is 0.787. The number of hydrogen-bond acceptors (Lipinski definition) is 5. The maximum atomic E-state index is 13.1. The normalized spacial score (nSPS) is 21.7. The van der Waals surface area contributed by atoms with Crippen molar-refractivity contribution < 1.29 is 22.7 Å². The van der Waals surface area contributed by atoms with Crippen LogP contribution in [0.4, 0.5) is 0 Å². The molecule has 2 aliphatic heterocycles. The summed E-state index contributed by atoms with van der Waals surface area (Å²) in [4.78, 5) is 14.9. The first kappa shape index (κ1) is 21.6. The van der Waals surface area contributed by atoms with Crippen molar-refractivity contribution in [3.63, 3.8) is 0 Å².